The highest BCUT2D eigenvalue weighted by Crippen LogP contribution is 2.17. The molecule has 5 heteroatoms. The molecule has 0 unspecified atom stereocenters. The van der Waals surface area contributed by atoms with Crippen LogP contribution in [0.4, 0.5) is 5.69 Å². The summed E-state index contributed by atoms with van der Waals surface area (Å²) in [6.45, 7) is 6.98. The minimum atomic E-state index is -0.260. The van der Waals surface area contributed by atoms with E-state index in [0.29, 0.717) is 18.0 Å². The zero-order valence-corrected chi connectivity index (χ0v) is 15.7. The number of nitrogens with zero attached hydrogens (tertiary/aromatic N) is 1. The maximum absolute atomic E-state index is 12.4. The molecule has 1 heterocycles. The Morgan fingerprint density at radius 3 is 2.42 bits per heavy atom. The summed E-state index contributed by atoms with van der Waals surface area (Å²) >= 11 is 0. The third kappa shape index (κ3) is 5.69. The predicted octanol–water partition coefficient (Wildman–Crippen LogP) is 4.38. The van der Waals surface area contributed by atoms with Crippen LogP contribution in [0.5, 0.6) is 0 Å². The molecule has 26 heavy (non-hydrogen) atoms. The number of rotatable bonds is 8. The summed E-state index contributed by atoms with van der Waals surface area (Å²) in [6.07, 6.45) is 4.60. The third-order valence-corrected chi connectivity index (χ3v) is 4.16. The molecule has 0 spiro atoms. The van der Waals surface area contributed by atoms with Crippen LogP contribution in [0.1, 0.15) is 72.4 Å². The van der Waals surface area contributed by atoms with Gasteiger partial charge < -0.3 is 10.6 Å². The van der Waals surface area contributed by atoms with Crippen LogP contribution in [-0.4, -0.2) is 23.3 Å². The molecule has 0 radical (unpaired) electrons. The monoisotopic (exact) mass is 353 g/mol. The molecule has 2 amide bonds. The molecule has 5 nitrogen and oxygen atoms in total. The number of amides is 2. The predicted molar refractivity (Wildman–Crippen MR) is 105 cm³/mol. The molecular formula is C21H27N3O2. The summed E-state index contributed by atoms with van der Waals surface area (Å²) in [5.74, 6) is -0.0693. The maximum atomic E-state index is 12.4. The number of benzene rings is 1. The smallest absolute Gasteiger partial charge is 0.269 e. The first-order chi connectivity index (χ1) is 12.5. The lowest BCUT2D eigenvalue weighted by atomic mass is 10.0. The first-order valence-electron chi connectivity index (χ1n) is 9.16. The van der Waals surface area contributed by atoms with Gasteiger partial charge in [0, 0.05) is 24.0 Å². The van der Waals surface area contributed by atoms with Gasteiger partial charge in [-0.3, -0.25) is 14.6 Å². The van der Waals surface area contributed by atoms with Crippen molar-refractivity contribution >= 4 is 17.5 Å². The standard InChI is InChI=1S/C21H27N3O2/c1-4-5-6-12-23-21(26)19-14-17(11-13-22-19)20(25)24-18-9-7-16(8-10-18)15(2)3/h7-11,13-15H,4-6,12H2,1-3H3,(H,23,26)(H,24,25). The molecule has 0 fully saturated rings. The van der Waals surface area contributed by atoms with Gasteiger partial charge in [0.1, 0.15) is 5.69 Å². The fourth-order valence-electron chi connectivity index (χ4n) is 2.52. The van der Waals surface area contributed by atoms with E-state index >= 15 is 0 Å². The van der Waals surface area contributed by atoms with Gasteiger partial charge in [0.25, 0.3) is 11.8 Å². The molecule has 0 bridgehead atoms. The average Bonchev–Trinajstić information content (AvgIpc) is 2.65. The highest BCUT2D eigenvalue weighted by atomic mass is 16.2. The van der Waals surface area contributed by atoms with E-state index in [4.69, 9.17) is 0 Å². The van der Waals surface area contributed by atoms with Crippen LogP contribution in [-0.2, 0) is 0 Å². The van der Waals surface area contributed by atoms with Crippen molar-refractivity contribution in [2.75, 3.05) is 11.9 Å². The van der Waals surface area contributed by atoms with E-state index in [-0.39, 0.29) is 17.5 Å². The lowest BCUT2D eigenvalue weighted by molar-refractivity contribution is 0.0948. The Bertz CT molecular complexity index is 739. The van der Waals surface area contributed by atoms with Crippen molar-refractivity contribution in [3.05, 3.63) is 59.4 Å². The number of anilines is 1. The molecule has 2 N–H and O–H groups in total. The molecular weight excluding hydrogens is 326 g/mol. The molecule has 2 rings (SSSR count). The highest BCUT2D eigenvalue weighted by Gasteiger charge is 2.12. The maximum Gasteiger partial charge on any atom is 0.269 e. The first kappa shape index (κ1) is 19.6. The van der Waals surface area contributed by atoms with Crippen LogP contribution in [0.25, 0.3) is 0 Å². The van der Waals surface area contributed by atoms with Crippen molar-refractivity contribution in [1.82, 2.24) is 10.3 Å². The normalized spacial score (nSPS) is 10.6. The van der Waals surface area contributed by atoms with Crippen molar-refractivity contribution in [3.8, 4) is 0 Å². The van der Waals surface area contributed by atoms with Gasteiger partial charge in [0.2, 0.25) is 0 Å². The fourth-order valence-corrected chi connectivity index (χ4v) is 2.52. The van der Waals surface area contributed by atoms with Gasteiger partial charge >= 0.3 is 0 Å². The molecule has 2 aromatic rings. The average molecular weight is 353 g/mol. The number of carbonyl (C=O) groups excluding carboxylic acids is 2. The number of unbranched alkanes of at least 4 members (excludes halogenated alkanes) is 2. The molecule has 1 aromatic carbocycles. The van der Waals surface area contributed by atoms with E-state index < -0.39 is 0 Å². The van der Waals surface area contributed by atoms with Crippen LogP contribution >= 0.6 is 0 Å². The van der Waals surface area contributed by atoms with Crippen molar-refractivity contribution in [2.45, 2.75) is 46.0 Å². The van der Waals surface area contributed by atoms with Crippen LogP contribution in [0.2, 0.25) is 0 Å². The molecule has 0 atom stereocenters. The lowest BCUT2D eigenvalue weighted by Gasteiger charge is -2.09. The Labute approximate surface area is 155 Å². The molecule has 0 aliphatic carbocycles. The third-order valence-electron chi connectivity index (χ3n) is 4.16. The van der Waals surface area contributed by atoms with E-state index in [1.54, 1.807) is 6.07 Å². The first-order valence-corrected chi connectivity index (χ1v) is 9.16. The number of hydrogen-bond donors (Lipinski definition) is 2. The van der Waals surface area contributed by atoms with Crippen molar-refractivity contribution in [2.24, 2.45) is 0 Å². The summed E-state index contributed by atoms with van der Waals surface area (Å²) in [7, 11) is 0. The van der Waals surface area contributed by atoms with Crippen LogP contribution in [0.15, 0.2) is 42.6 Å². The second-order valence-corrected chi connectivity index (χ2v) is 6.62. The van der Waals surface area contributed by atoms with E-state index in [0.717, 1.165) is 24.9 Å². The van der Waals surface area contributed by atoms with Gasteiger partial charge in [-0.25, -0.2) is 0 Å². The van der Waals surface area contributed by atoms with Gasteiger partial charge in [-0.05, 0) is 42.2 Å². The van der Waals surface area contributed by atoms with Crippen molar-refractivity contribution in [3.63, 3.8) is 0 Å². The number of hydrogen-bond acceptors (Lipinski definition) is 3. The topological polar surface area (TPSA) is 71.1 Å². The number of aromatic nitrogens is 1. The van der Waals surface area contributed by atoms with Crippen LogP contribution < -0.4 is 10.6 Å². The molecule has 0 aliphatic rings. The molecule has 0 saturated carbocycles. The molecule has 1 aromatic heterocycles. The minimum Gasteiger partial charge on any atom is -0.351 e. The molecule has 0 saturated heterocycles. The number of pyridine rings is 1. The van der Waals surface area contributed by atoms with Gasteiger partial charge in [-0.15, -0.1) is 0 Å². The van der Waals surface area contributed by atoms with E-state index in [1.165, 1.54) is 17.8 Å². The highest BCUT2D eigenvalue weighted by molar-refractivity contribution is 6.05. The zero-order valence-electron chi connectivity index (χ0n) is 15.7. The van der Waals surface area contributed by atoms with Gasteiger partial charge in [0.05, 0.1) is 0 Å². The van der Waals surface area contributed by atoms with E-state index in [9.17, 15) is 9.59 Å². The van der Waals surface area contributed by atoms with E-state index in [2.05, 4.69) is 36.4 Å². The SMILES string of the molecule is CCCCCNC(=O)c1cc(C(=O)Nc2ccc(C(C)C)cc2)ccn1. The summed E-state index contributed by atoms with van der Waals surface area (Å²) in [6, 6.07) is 10.9. The summed E-state index contributed by atoms with van der Waals surface area (Å²) in [4.78, 5) is 28.6. The van der Waals surface area contributed by atoms with Crippen molar-refractivity contribution in [1.29, 1.82) is 0 Å². The Kier molecular flexibility index (Phi) is 7.33. The Morgan fingerprint density at radius 2 is 1.77 bits per heavy atom. The summed E-state index contributed by atoms with van der Waals surface area (Å²) in [5, 5.41) is 5.69. The number of nitrogens with one attached hydrogen (secondary N) is 2. The number of carbonyl (C=O) groups is 2. The van der Waals surface area contributed by atoms with Crippen LogP contribution in [0, 0.1) is 0 Å². The van der Waals surface area contributed by atoms with Crippen LogP contribution in [0.3, 0.4) is 0 Å². The minimum absolute atomic E-state index is 0.253. The van der Waals surface area contributed by atoms with Gasteiger partial charge in [-0.1, -0.05) is 45.7 Å². The molecule has 138 valence electrons. The van der Waals surface area contributed by atoms with Crippen molar-refractivity contribution < 1.29 is 9.59 Å². The van der Waals surface area contributed by atoms with E-state index in [1.807, 2.05) is 24.3 Å². The van der Waals surface area contributed by atoms with Gasteiger partial charge in [-0.2, -0.15) is 0 Å². The quantitative estimate of drug-likeness (QED) is 0.692. The second-order valence-electron chi connectivity index (χ2n) is 6.62. The Morgan fingerprint density at radius 1 is 1.04 bits per heavy atom. The lowest BCUT2D eigenvalue weighted by Crippen LogP contribution is -2.25. The fraction of sp³-hybridized carbons (Fsp3) is 0.381. The van der Waals surface area contributed by atoms with Gasteiger partial charge in [0.15, 0.2) is 0 Å². The zero-order chi connectivity index (χ0) is 18.9. The summed E-state index contributed by atoms with van der Waals surface area (Å²) in [5.41, 5.74) is 2.60. The second kappa shape index (κ2) is 9.70. The Hall–Kier alpha value is -2.69. The summed E-state index contributed by atoms with van der Waals surface area (Å²) < 4.78 is 0. The Balaban J connectivity index is 1.99. The largest absolute Gasteiger partial charge is 0.351 e. The molecule has 0 aliphatic heterocycles.